The highest BCUT2D eigenvalue weighted by Gasteiger charge is 2.31. The van der Waals surface area contributed by atoms with Crippen molar-refractivity contribution in [3.05, 3.63) is 0 Å². The van der Waals surface area contributed by atoms with Crippen LogP contribution in [0.3, 0.4) is 0 Å². The monoisotopic (exact) mass is 243 g/mol. The third-order valence-corrected chi connectivity index (χ3v) is 3.52. The fourth-order valence-corrected chi connectivity index (χ4v) is 1.84. The smallest absolute Gasteiger partial charge is 0.325 e. The molecular weight excluding hydrogens is 218 g/mol. The van der Waals surface area contributed by atoms with Crippen LogP contribution in [0.2, 0.25) is 0 Å². The summed E-state index contributed by atoms with van der Waals surface area (Å²) in [4.78, 5) is 11.6. The van der Waals surface area contributed by atoms with Gasteiger partial charge in [0.2, 0.25) is 0 Å². The maximum atomic E-state index is 11.6. The van der Waals surface area contributed by atoms with Crippen LogP contribution in [0.4, 0.5) is 0 Å². The SMILES string of the molecule is CNC(C)(CCCOCCC1CC1)C(=O)OC. The van der Waals surface area contributed by atoms with E-state index in [2.05, 4.69) is 5.32 Å². The Morgan fingerprint density at radius 3 is 2.65 bits per heavy atom. The van der Waals surface area contributed by atoms with Gasteiger partial charge < -0.3 is 14.8 Å². The lowest BCUT2D eigenvalue weighted by Gasteiger charge is -2.25. The zero-order valence-electron chi connectivity index (χ0n) is 11.3. The van der Waals surface area contributed by atoms with E-state index < -0.39 is 5.54 Å². The zero-order chi connectivity index (χ0) is 12.7. The Labute approximate surface area is 104 Å². The lowest BCUT2D eigenvalue weighted by atomic mass is 9.96. The Balaban J connectivity index is 2.07. The number of ether oxygens (including phenoxy) is 2. The standard InChI is InChI=1S/C13H25NO3/c1-13(14-2,12(15)16-3)8-4-9-17-10-7-11-5-6-11/h11,14H,4-10H2,1-3H3. The summed E-state index contributed by atoms with van der Waals surface area (Å²) >= 11 is 0. The summed E-state index contributed by atoms with van der Waals surface area (Å²) in [6, 6.07) is 0. The van der Waals surface area contributed by atoms with Gasteiger partial charge in [-0.15, -0.1) is 0 Å². The number of hydrogen-bond donors (Lipinski definition) is 1. The topological polar surface area (TPSA) is 47.6 Å². The Morgan fingerprint density at radius 1 is 1.41 bits per heavy atom. The predicted molar refractivity (Wildman–Crippen MR) is 66.9 cm³/mol. The molecule has 0 aromatic carbocycles. The quantitative estimate of drug-likeness (QED) is 0.495. The van der Waals surface area contributed by atoms with Crippen LogP contribution in [0.5, 0.6) is 0 Å². The zero-order valence-corrected chi connectivity index (χ0v) is 11.3. The summed E-state index contributed by atoms with van der Waals surface area (Å²) in [5, 5.41) is 3.02. The molecule has 0 bridgehead atoms. The van der Waals surface area contributed by atoms with Gasteiger partial charge in [0, 0.05) is 13.2 Å². The second-order valence-corrected chi connectivity index (χ2v) is 5.02. The second-order valence-electron chi connectivity index (χ2n) is 5.02. The molecule has 4 nitrogen and oxygen atoms in total. The van der Waals surface area contributed by atoms with E-state index in [0.29, 0.717) is 0 Å². The summed E-state index contributed by atoms with van der Waals surface area (Å²) in [6.07, 6.45) is 5.56. The van der Waals surface area contributed by atoms with Crippen LogP contribution in [-0.2, 0) is 14.3 Å². The van der Waals surface area contributed by atoms with Crippen molar-refractivity contribution in [2.75, 3.05) is 27.4 Å². The van der Waals surface area contributed by atoms with Gasteiger partial charge in [-0.2, -0.15) is 0 Å². The molecule has 1 saturated carbocycles. The Kier molecular flexibility index (Phi) is 5.92. The summed E-state index contributed by atoms with van der Waals surface area (Å²) < 4.78 is 10.3. The van der Waals surface area contributed by atoms with Crippen molar-refractivity contribution in [1.82, 2.24) is 5.32 Å². The molecule has 1 fully saturated rings. The number of nitrogens with one attached hydrogen (secondary N) is 1. The van der Waals surface area contributed by atoms with Gasteiger partial charge in [-0.05, 0) is 39.2 Å². The number of hydrogen-bond acceptors (Lipinski definition) is 4. The molecule has 1 unspecified atom stereocenters. The number of esters is 1. The van der Waals surface area contributed by atoms with Crippen LogP contribution in [0.15, 0.2) is 0 Å². The number of carbonyl (C=O) groups is 1. The van der Waals surface area contributed by atoms with Gasteiger partial charge in [-0.3, -0.25) is 4.79 Å². The second kappa shape index (κ2) is 6.97. The van der Waals surface area contributed by atoms with Gasteiger partial charge in [0.25, 0.3) is 0 Å². The van der Waals surface area contributed by atoms with E-state index >= 15 is 0 Å². The minimum absolute atomic E-state index is 0.210. The molecule has 0 aromatic heterocycles. The van der Waals surface area contributed by atoms with Gasteiger partial charge in [0.15, 0.2) is 0 Å². The molecule has 0 heterocycles. The fraction of sp³-hybridized carbons (Fsp3) is 0.923. The first-order chi connectivity index (χ1) is 8.12. The van der Waals surface area contributed by atoms with E-state index in [4.69, 9.17) is 9.47 Å². The molecule has 0 amide bonds. The van der Waals surface area contributed by atoms with Crippen LogP contribution < -0.4 is 5.32 Å². The molecule has 0 spiro atoms. The largest absolute Gasteiger partial charge is 0.468 e. The molecule has 1 atom stereocenters. The minimum Gasteiger partial charge on any atom is -0.468 e. The molecular formula is C13H25NO3. The van der Waals surface area contributed by atoms with Gasteiger partial charge in [-0.25, -0.2) is 0 Å². The summed E-state index contributed by atoms with van der Waals surface area (Å²) in [7, 11) is 3.20. The summed E-state index contributed by atoms with van der Waals surface area (Å²) in [6.45, 7) is 3.45. The molecule has 0 aromatic rings. The Bertz CT molecular complexity index is 241. The molecule has 0 aliphatic heterocycles. The van der Waals surface area contributed by atoms with Crippen LogP contribution in [0, 0.1) is 5.92 Å². The average Bonchev–Trinajstić information content (AvgIpc) is 3.16. The van der Waals surface area contributed by atoms with E-state index in [-0.39, 0.29) is 5.97 Å². The third-order valence-electron chi connectivity index (χ3n) is 3.52. The highest BCUT2D eigenvalue weighted by molar-refractivity contribution is 5.80. The van der Waals surface area contributed by atoms with Gasteiger partial charge in [0.1, 0.15) is 5.54 Å². The first kappa shape index (κ1) is 14.5. The van der Waals surface area contributed by atoms with Crippen molar-refractivity contribution in [3.63, 3.8) is 0 Å². The lowest BCUT2D eigenvalue weighted by Crippen LogP contribution is -2.48. The van der Waals surface area contributed by atoms with Crippen molar-refractivity contribution in [1.29, 1.82) is 0 Å². The molecule has 0 radical (unpaired) electrons. The molecule has 1 aliphatic carbocycles. The highest BCUT2D eigenvalue weighted by Crippen LogP contribution is 2.32. The van der Waals surface area contributed by atoms with Gasteiger partial charge >= 0.3 is 5.97 Å². The molecule has 1 aliphatic rings. The van der Waals surface area contributed by atoms with E-state index in [1.807, 2.05) is 6.92 Å². The number of rotatable bonds is 9. The number of methoxy groups -OCH3 is 1. The van der Waals surface area contributed by atoms with Crippen molar-refractivity contribution in [2.24, 2.45) is 5.92 Å². The molecule has 1 rings (SSSR count). The lowest BCUT2D eigenvalue weighted by molar-refractivity contribution is -0.148. The van der Waals surface area contributed by atoms with Crippen LogP contribution in [-0.4, -0.2) is 38.9 Å². The van der Waals surface area contributed by atoms with Crippen molar-refractivity contribution < 1.29 is 14.3 Å². The van der Waals surface area contributed by atoms with Crippen LogP contribution in [0.25, 0.3) is 0 Å². The third kappa shape index (κ3) is 5.04. The molecule has 100 valence electrons. The van der Waals surface area contributed by atoms with Crippen LogP contribution in [0.1, 0.15) is 39.0 Å². The summed E-state index contributed by atoms with van der Waals surface area (Å²) in [5.41, 5.74) is -0.589. The highest BCUT2D eigenvalue weighted by atomic mass is 16.5. The Morgan fingerprint density at radius 2 is 2.12 bits per heavy atom. The van der Waals surface area contributed by atoms with Crippen molar-refractivity contribution in [3.8, 4) is 0 Å². The molecule has 1 N–H and O–H groups in total. The van der Waals surface area contributed by atoms with Gasteiger partial charge in [0.05, 0.1) is 7.11 Å². The van der Waals surface area contributed by atoms with Crippen molar-refractivity contribution in [2.45, 2.75) is 44.6 Å². The normalized spacial score (nSPS) is 18.8. The van der Waals surface area contributed by atoms with Gasteiger partial charge in [-0.1, -0.05) is 12.8 Å². The number of likely N-dealkylation sites (N-methyl/N-ethyl adjacent to an activating group) is 1. The average molecular weight is 243 g/mol. The van der Waals surface area contributed by atoms with E-state index in [1.165, 1.54) is 26.4 Å². The predicted octanol–water partition coefficient (Wildman–Crippen LogP) is 1.73. The van der Waals surface area contributed by atoms with E-state index in [1.54, 1.807) is 7.05 Å². The van der Waals surface area contributed by atoms with E-state index in [0.717, 1.165) is 32.0 Å². The van der Waals surface area contributed by atoms with E-state index in [9.17, 15) is 4.79 Å². The molecule has 17 heavy (non-hydrogen) atoms. The fourth-order valence-electron chi connectivity index (χ4n) is 1.84. The first-order valence-corrected chi connectivity index (χ1v) is 6.47. The number of carbonyl (C=O) groups excluding carboxylic acids is 1. The van der Waals surface area contributed by atoms with Crippen LogP contribution >= 0.6 is 0 Å². The Hall–Kier alpha value is -0.610. The first-order valence-electron chi connectivity index (χ1n) is 6.47. The molecule has 0 saturated heterocycles. The molecule has 4 heteroatoms. The van der Waals surface area contributed by atoms with Crippen molar-refractivity contribution >= 4 is 5.97 Å². The minimum atomic E-state index is -0.589. The maximum Gasteiger partial charge on any atom is 0.325 e. The summed E-state index contributed by atoms with van der Waals surface area (Å²) in [5.74, 6) is 0.714. The maximum absolute atomic E-state index is 11.6.